The van der Waals surface area contributed by atoms with Crippen LogP contribution in [0.15, 0.2) is 30.3 Å². The molecule has 0 amide bonds. The average Bonchev–Trinajstić information content (AvgIpc) is 2.17. The summed E-state index contributed by atoms with van der Waals surface area (Å²) in [4.78, 5) is 2.15. The van der Waals surface area contributed by atoms with Crippen LogP contribution >= 0.6 is 12.4 Å². The summed E-state index contributed by atoms with van der Waals surface area (Å²) in [6.07, 6.45) is 6.28. The lowest BCUT2D eigenvalue weighted by atomic mass is 10.1. The maximum absolute atomic E-state index is 5.21. The highest BCUT2D eigenvalue weighted by Gasteiger charge is 1.95. The van der Waals surface area contributed by atoms with E-state index in [2.05, 4.69) is 35.1 Å². The van der Waals surface area contributed by atoms with Gasteiger partial charge in [-0.05, 0) is 19.0 Å². The van der Waals surface area contributed by atoms with Crippen LogP contribution in [0.25, 0.3) is 0 Å². The topological polar surface area (TPSA) is 3.24 Å². The van der Waals surface area contributed by atoms with Gasteiger partial charge in [0, 0.05) is 6.54 Å². The number of halogens is 1. The molecule has 1 rings (SSSR count). The first-order chi connectivity index (χ1) is 6.33. The van der Waals surface area contributed by atoms with Crippen LogP contribution in [0.3, 0.4) is 0 Å². The lowest BCUT2D eigenvalue weighted by Gasteiger charge is -2.12. The third-order valence-corrected chi connectivity index (χ3v) is 1.99. The van der Waals surface area contributed by atoms with E-state index in [4.69, 9.17) is 6.42 Å². The van der Waals surface area contributed by atoms with Gasteiger partial charge >= 0.3 is 0 Å². The Hall–Kier alpha value is -0.970. The van der Waals surface area contributed by atoms with Gasteiger partial charge < -0.3 is 0 Å². The molecule has 0 saturated carbocycles. The molecule has 76 valence electrons. The largest absolute Gasteiger partial charge is 0.295 e. The number of terminal acetylenes is 1. The van der Waals surface area contributed by atoms with E-state index in [1.807, 2.05) is 13.1 Å². The molecule has 0 heterocycles. The highest BCUT2D eigenvalue weighted by Crippen LogP contribution is 1.99. The zero-order valence-corrected chi connectivity index (χ0v) is 9.26. The van der Waals surface area contributed by atoms with Gasteiger partial charge in [-0.15, -0.1) is 18.8 Å². The summed E-state index contributed by atoms with van der Waals surface area (Å²) in [7, 11) is 2.04. The predicted octanol–water partition coefficient (Wildman–Crippen LogP) is 2.22. The van der Waals surface area contributed by atoms with Crippen LogP contribution in [0.1, 0.15) is 5.56 Å². The Morgan fingerprint density at radius 1 is 1.29 bits per heavy atom. The van der Waals surface area contributed by atoms with Crippen LogP contribution in [0, 0.1) is 12.3 Å². The summed E-state index contributed by atoms with van der Waals surface area (Å²) in [6, 6.07) is 10.5. The van der Waals surface area contributed by atoms with E-state index in [9.17, 15) is 0 Å². The Morgan fingerprint density at radius 3 is 2.50 bits per heavy atom. The minimum Gasteiger partial charge on any atom is -0.295 e. The Labute approximate surface area is 92.5 Å². The van der Waals surface area contributed by atoms with Crippen LogP contribution in [0.5, 0.6) is 0 Å². The fraction of sp³-hybridized carbons (Fsp3) is 0.333. The maximum atomic E-state index is 5.21. The van der Waals surface area contributed by atoms with Crippen LogP contribution in [0.2, 0.25) is 0 Å². The average molecular weight is 210 g/mol. The van der Waals surface area contributed by atoms with Gasteiger partial charge in [-0.25, -0.2) is 0 Å². The molecule has 0 N–H and O–H groups in total. The quantitative estimate of drug-likeness (QED) is 0.688. The Bertz CT molecular complexity index is 276. The van der Waals surface area contributed by atoms with Crippen molar-refractivity contribution in [1.29, 1.82) is 0 Å². The van der Waals surface area contributed by atoms with Gasteiger partial charge in [-0.1, -0.05) is 36.3 Å². The maximum Gasteiger partial charge on any atom is 0.0596 e. The fourth-order valence-corrected chi connectivity index (χ4v) is 1.20. The molecule has 1 aromatic carbocycles. The molecular formula is C12H16ClN. The lowest BCUT2D eigenvalue weighted by Crippen LogP contribution is -2.21. The number of rotatable bonds is 4. The molecule has 0 bridgehead atoms. The normalized spacial score (nSPS) is 9.21. The summed E-state index contributed by atoms with van der Waals surface area (Å²) in [5.41, 5.74) is 1.37. The van der Waals surface area contributed by atoms with Crippen LogP contribution < -0.4 is 0 Å². The standard InChI is InChI=1S/C12H15N.ClH/c1-3-10-13(2)11-9-12-7-5-4-6-8-12;/h1,4-8H,9-11H2,2H3;1H. The van der Waals surface area contributed by atoms with Crippen molar-refractivity contribution in [3.05, 3.63) is 35.9 Å². The van der Waals surface area contributed by atoms with E-state index in [-0.39, 0.29) is 12.4 Å². The summed E-state index contributed by atoms with van der Waals surface area (Å²) in [5.74, 6) is 2.63. The van der Waals surface area contributed by atoms with E-state index in [1.54, 1.807) is 0 Å². The Kier molecular flexibility index (Phi) is 6.92. The molecule has 0 fully saturated rings. The molecule has 1 aromatic rings. The first-order valence-corrected chi connectivity index (χ1v) is 4.49. The minimum absolute atomic E-state index is 0. The summed E-state index contributed by atoms with van der Waals surface area (Å²) in [6.45, 7) is 1.75. The van der Waals surface area contributed by atoms with Gasteiger partial charge in [-0.2, -0.15) is 0 Å². The molecular weight excluding hydrogens is 194 g/mol. The molecule has 0 atom stereocenters. The highest BCUT2D eigenvalue weighted by molar-refractivity contribution is 5.85. The van der Waals surface area contributed by atoms with E-state index in [0.717, 1.165) is 19.5 Å². The molecule has 0 spiro atoms. The van der Waals surface area contributed by atoms with Crippen molar-refractivity contribution < 1.29 is 0 Å². The molecule has 0 saturated heterocycles. The molecule has 1 nitrogen and oxygen atoms in total. The molecule has 0 aliphatic rings. The van der Waals surface area contributed by atoms with Crippen LogP contribution in [-0.4, -0.2) is 25.0 Å². The first-order valence-electron chi connectivity index (χ1n) is 4.49. The Balaban J connectivity index is 0.00000169. The second kappa shape index (κ2) is 7.44. The van der Waals surface area contributed by atoms with Gasteiger partial charge in [0.1, 0.15) is 0 Å². The zero-order chi connectivity index (χ0) is 9.52. The Morgan fingerprint density at radius 2 is 1.93 bits per heavy atom. The van der Waals surface area contributed by atoms with Crippen molar-refractivity contribution in [3.8, 4) is 12.3 Å². The minimum atomic E-state index is 0. The second-order valence-corrected chi connectivity index (χ2v) is 3.18. The second-order valence-electron chi connectivity index (χ2n) is 3.18. The van der Waals surface area contributed by atoms with Crippen LogP contribution in [0.4, 0.5) is 0 Å². The monoisotopic (exact) mass is 209 g/mol. The summed E-state index contributed by atoms with van der Waals surface area (Å²) in [5, 5.41) is 0. The number of hydrogen-bond donors (Lipinski definition) is 0. The van der Waals surface area contributed by atoms with Gasteiger partial charge in [0.2, 0.25) is 0 Å². The van der Waals surface area contributed by atoms with Crippen molar-refractivity contribution >= 4 is 12.4 Å². The number of likely N-dealkylation sites (N-methyl/N-ethyl adjacent to an activating group) is 1. The molecule has 0 radical (unpaired) electrons. The molecule has 0 unspecified atom stereocenters. The zero-order valence-electron chi connectivity index (χ0n) is 8.44. The molecule has 2 heteroatoms. The summed E-state index contributed by atoms with van der Waals surface area (Å²) >= 11 is 0. The van der Waals surface area contributed by atoms with Gasteiger partial charge in [0.15, 0.2) is 0 Å². The third-order valence-electron chi connectivity index (χ3n) is 1.99. The van der Waals surface area contributed by atoms with Crippen molar-refractivity contribution in [2.75, 3.05) is 20.1 Å². The van der Waals surface area contributed by atoms with Crippen molar-refractivity contribution in [1.82, 2.24) is 4.90 Å². The molecule has 0 aromatic heterocycles. The molecule has 0 aliphatic heterocycles. The SMILES string of the molecule is C#CCN(C)CCc1ccccc1.Cl. The van der Waals surface area contributed by atoms with E-state index in [0.29, 0.717) is 0 Å². The number of nitrogens with zero attached hydrogens (tertiary/aromatic N) is 1. The van der Waals surface area contributed by atoms with Gasteiger partial charge in [0.05, 0.1) is 6.54 Å². The third kappa shape index (κ3) is 4.91. The number of benzene rings is 1. The summed E-state index contributed by atoms with van der Waals surface area (Å²) < 4.78 is 0. The first kappa shape index (κ1) is 13.0. The van der Waals surface area contributed by atoms with Crippen molar-refractivity contribution in [2.45, 2.75) is 6.42 Å². The smallest absolute Gasteiger partial charge is 0.0596 e. The van der Waals surface area contributed by atoms with E-state index < -0.39 is 0 Å². The van der Waals surface area contributed by atoms with Crippen molar-refractivity contribution in [3.63, 3.8) is 0 Å². The van der Waals surface area contributed by atoms with Gasteiger partial charge in [-0.3, -0.25) is 4.90 Å². The molecule has 0 aliphatic carbocycles. The lowest BCUT2D eigenvalue weighted by molar-refractivity contribution is 0.381. The van der Waals surface area contributed by atoms with E-state index in [1.165, 1.54) is 5.56 Å². The fourth-order valence-electron chi connectivity index (χ4n) is 1.20. The molecule has 14 heavy (non-hydrogen) atoms. The van der Waals surface area contributed by atoms with E-state index >= 15 is 0 Å². The highest BCUT2D eigenvalue weighted by atomic mass is 35.5. The van der Waals surface area contributed by atoms with Gasteiger partial charge in [0.25, 0.3) is 0 Å². The van der Waals surface area contributed by atoms with Crippen LogP contribution in [-0.2, 0) is 6.42 Å². The predicted molar refractivity (Wildman–Crippen MR) is 63.7 cm³/mol. The number of hydrogen-bond acceptors (Lipinski definition) is 1. The van der Waals surface area contributed by atoms with Crippen molar-refractivity contribution in [2.24, 2.45) is 0 Å².